The molecule has 1 aromatic carbocycles. The Hall–Kier alpha value is -1.95. The predicted molar refractivity (Wildman–Crippen MR) is 66.7 cm³/mol. The molecule has 0 saturated carbocycles. The highest BCUT2D eigenvalue weighted by atomic mass is 32.1. The normalized spacial score (nSPS) is 10.5. The quantitative estimate of drug-likeness (QED) is 0.933. The van der Waals surface area contributed by atoms with Gasteiger partial charge in [-0.3, -0.25) is 0 Å². The lowest BCUT2D eigenvalue weighted by Crippen LogP contribution is -1.98. The van der Waals surface area contributed by atoms with E-state index in [-0.39, 0.29) is 17.2 Å². The van der Waals surface area contributed by atoms with Crippen LogP contribution in [0.1, 0.15) is 20.1 Å². The van der Waals surface area contributed by atoms with E-state index < -0.39 is 17.6 Å². The van der Waals surface area contributed by atoms with Crippen LogP contribution in [0.25, 0.3) is 0 Å². The minimum absolute atomic E-state index is 0.00398. The van der Waals surface area contributed by atoms with E-state index in [4.69, 9.17) is 9.84 Å². The van der Waals surface area contributed by atoms with Gasteiger partial charge in [-0.25, -0.2) is 13.6 Å². The van der Waals surface area contributed by atoms with Gasteiger partial charge in [-0.2, -0.15) is 0 Å². The van der Waals surface area contributed by atoms with Gasteiger partial charge in [0.1, 0.15) is 17.3 Å². The van der Waals surface area contributed by atoms with Crippen LogP contribution in [0, 0.1) is 18.6 Å². The van der Waals surface area contributed by atoms with Crippen molar-refractivity contribution in [2.75, 3.05) is 0 Å². The van der Waals surface area contributed by atoms with Crippen molar-refractivity contribution in [3.8, 4) is 5.75 Å². The van der Waals surface area contributed by atoms with Gasteiger partial charge in [0.25, 0.3) is 0 Å². The Balaban J connectivity index is 2.14. The molecule has 0 aliphatic rings. The molecule has 6 heteroatoms. The number of benzene rings is 1. The maximum absolute atomic E-state index is 13.3. The molecule has 2 rings (SSSR count). The van der Waals surface area contributed by atoms with Gasteiger partial charge in [-0.15, -0.1) is 11.3 Å². The molecule has 1 aromatic heterocycles. The van der Waals surface area contributed by atoms with Gasteiger partial charge in [0.15, 0.2) is 11.6 Å². The first kappa shape index (κ1) is 13.5. The average molecular weight is 284 g/mol. The third kappa shape index (κ3) is 3.08. The molecule has 0 spiro atoms. The molecule has 100 valence electrons. The number of ether oxygens (including phenoxy) is 1. The fraction of sp³-hybridized carbons (Fsp3) is 0.154. The first-order valence-electron chi connectivity index (χ1n) is 5.38. The van der Waals surface area contributed by atoms with Crippen LogP contribution in [0.3, 0.4) is 0 Å². The third-order valence-electron chi connectivity index (χ3n) is 2.51. The SMILES string of the molecule is Cc1sc(C(=O)O)cc1COc1cc(F)ccc1F. The van der Waals surface area contributed by atoms with Crippen LogP contribution in [-0.2, 0) is 6.61 Å². The van der Waals surface area contributed by atoms with Gasteiger partial charge in [-0.1, -0.05) is 0 Å². The third-order valence-corrected chi connectivity index (χ3v) is 3.59. The van der Waals surface area contributed by atoms with Crippen molar-refractivity contribution in [2.45, 2.75) is 13.5 Å². The molecule has 0 bridgehead atoms. The van der Waals surface area contributed by atoms with E-state index in [0.29, 0.717) is 5.56 Å². The molecule has 3 nitrogen and oxygen atoms in total. The molecule has 2 aromatic rings. The number of halogens is 2. The van der Waals surface area contributed by atoms with Crippen LogP contribution in [0.5, 0.6) is 5.75 Å². The fourth-order valence-electron chi connectivity index (χ4n) is 1.51. The van der Waals surface area contributed by atoms with Crippen molar-refractivity contribution in [3.63, 3.8) is 0 Å². The van der Waals surface area contributed by atoms with Crippen molar-refractivity contribution in [1.82, 2.24) is 0 Å². The summed E-state index contributed by atoms with van der Waals surface area (Å²) in [5.41, 5.74) is 0.645. The number of thiophene rings is 1. The monoisotopic (exact) mass is 284 g/mol. The van der Waals surface area contributed by atoms with E-state index in [2.05, 4.69) is 0 Å². The molecule has 1 heterocycles. The van der Waals surface area contributed by atoms with Gasteiger partial charge >= 0.3 is 5.97 Å². The summed E-state index contributed by atoms with van der Waals surface area (Å²) in [6, 6.07) is 4.41. The smallest absolute Gasteiger partial charge is 0.345 e. The molecular weight excluding hydrogens is 274 g/mol. The number of aromatic carboxylic acids is 1. The van der Waals surface area contributed by atoms with Crippen molar-refractivity contribution < 1.29 is 23.4 Å². The summed E-state index contributed by atoms with van der Waals surface area (Å²) in [4.78, 5) is 11.8. The fourth-order valence-corrected chi connectivity index (χ4v) is 2.38. The van der Waals surface area contributed by atoms with E-state index in [1.54, 1.807) is 6.92 Å². The highest BCUT2D eigenvalue weighted by molar-refractivity contribution is 7.14. The van der Waals surface area contributed by atoms with Gasteiger partial charge < -0.3 is 9.84 Å². The first-order valence-corrected chi connectivity index (χ1v) is 6.19. The molecule has 0 unspecified atom stereocenters. The highest BCUT2D eigenvalue weighted by Gasteiger charge is 2.12. The number of hydrogen-bond acceptors (Lipinski definition) is 3. The maximum atomic E-state index is 13.3. The van der Waals surface area contributed by atoms with Gasteiger partial charge in [0, 0.05) is 16.5 Å². The molecule has 19 heavy (non-hydrogen) atoms. The summed E-state index contributed by atoms with van der Waals surface area (Å²) >= 11 is 1.12. The Bertz CT molecular complexity index is 622. The average Bonchev–Trinajstić information content (AvgIpc) is 2.72. The summed E-state index contributed by atoms with van der Waals surface area (Å²) in [5, 5.41) is 8.85. The Morgan fingerprint density at radius 1 is 1.37 bits per heavy atom. The van der Waals surface area contributed by atoms with Gasteiger partial charge in [-0.05, 0) is 25.1 Å². The molecular formula is C13H10F2O3S. The molecule has 0 atom stereocenters. The first-order chi connectivity index (χ1) is 8.97. The number of carboxylic acid groups (broad SMARTS) is 1. The van der Waals surface area contributed by atoms with Crippen LogP contribution in [0.4, 0.5) is 8.78 Å². The van der Waals surface area contributed by atoms with Crippen molar-refractivity contribution in [3.05, 3.63) is 51.2 Å². The largest absolute Gasteiger partial charge is 0.486 e. The summed E-state index contributed by atoms with van der Waals surface area (Å²) in [6.45, 7) is 1.74. The Morgan fingerprint density at radius 3 is 2.74 bits per heavy atom. The number of hydrogen-bond donors (Lipinski definition) is 1. The molecule has 0 radical (unpaired) electrons. The van der Waals surface area contributed by atoms with Crippen LogP contribution in [0.15, 0.2) is 24.3 Å². The molecule has 0 amide bonds. The molecule has 0 aliphatic carbocycles. The second-order valence-electron chi connectivity index (χ2n) is 3.86. The molecule has 0 aliphatic heterocycles. The standard InChI is InChI=1S/C13H10F2O3S/c1-7-8(4-12(19-7)13(16)17)6-18-11-5-9(14)2-3-10(11)15/h2-5H,6H2,1H3,(H,16,17). The second kappa shape index (κ2) is 5.36. The topological polar surface area (TPSA) is 46.5 Å². The predicted octanol–water partition coefficient (Wildman–Crippen LogP) is 3.61. The Labute approximate surface area is 112 Å². The van der Waals surface area contributed by atoms with E-state index in [9.17, 15) is 13.6 Å². The van der Waals surface area contributed by atoms with E-state index in [1.807, 2.05) is 0 Å². The summed E-state index contributed by atoms with van der Waals surface area (Å²) in [6.07, 6.45) is 0. The van der Waals surface area contributed by atoms with Crippen molar-refractivity contribution >= 4 is 17.3 Å². The summed E-state index contributed by atoms with van der Waals surface area (Å²) in [5.74, 6) is -2.46. The highest BCUT2D eigenvalue weighted by Crippen LogP contribution is 2.24. The van der Waals surface area contributed by atoms with Crippen molar-refractivity contribution in [1.29, 1.82) is 0 Å². The zero-order valence-corrected chi connectivity index (χ0v) is 10.8. The number of aryl methyl sites for hydroxylation is 1. The zero-order valence-electron chi connectivity index (χ0n) is 9.94. The molecule has 0 saturated heterocycles. The number of carbonyl (C=O) groups is 1. The van der Waals surface area contributed by atoms with Gasteiger partial charge in [0.05, 0.1) is 0 Å². The zero-order chi connectivity index (χ0) is 14.0. The number of rotatable bonds is 4. The molecule has 0 fully saturated rings. The van der Waals surface area contributed by atoms with E-state index in [1.165, 1.54) is 6.07 Å². The van der Waals surface area contributed by atoms with Crippen molar-refractivity contribution in [2.24, 2.45) is 0 Å². The number of carboxylic acids is 1. The minimum Gasteiger partial charge on any atom is -0.486 e. The van der Waals surface area contributed by atoms with Crippen LogP contribution in [0.2, 0.25) is 0 Å². The van der Waals surface area contributed by atoms with E-state index in [0.717, 1.165) is 34.4 Å². The van der Waals surface area contributed by atoms with Crippen LogP contribution >= 0.6 is 11.3 Å². The molecule has 1 N–H and O–H groups in total. The minimum atomic E-state index is -1.02. The maximum Gasteiger partial charge on any atom is 0.345 e. The second-order valence-corrected chi connectivity index (χ2v) is 5.12. The lowest BCUT2D eigenvalue weighted by molar-refractivity contribution is 0.0702. The van der Waals surface area contributed by atoms with Crippen LogP contribution < -0.4 is 4.74 Å². The van der Waals surface area contributed by atoms with E-state index >= 15 is 0 Å². The summed E-state index contributed by atoms with van der Waals surface area (Å²) < 4.78 is 31.4. The summed E-state index contributed by atoms with van der Waals surface area (Å²) in [7, 11) is 0. The lowest BCUT2D eigenvalue weighted by atomic mass is 10.2. The van der Waals surface area contributed by atoms with Crippen LogP contribution in [-0.4, -0.2) is 11.1 Å². The Kier molecular flexibility index (Phi) is 3.80. The lowest BCUT2D eigenvalue weighted by Gasteiger charge is -2.06. The Morgan fingerprint density at radius 2 is 2.11 bits per heavy atom. The van der Waals surface area contributed by atoms with Gasteiger partial charge in [0.2, 0.25) is 0 Å².